The summed E-state index contributed by atoms with van der Waals surface area (Å²) in [7, 11) is 0. The molecule has 3 amide bonds. The Balaban J connectivity index is 1.66. The van der Waals surface area contributed by atoms with Crippen LogP contribution in [0, 0.1) is 12.7 Å². The van der Waals surface area contributed by atoms with Gasteiger partial charge in [0, 0.05) is 5.69 Å². The molecule has 130 valence electrons. The van der Waals surface area contributed by atoms with Gasteiger partial charge in [0.05, 0.1) is 11.7 Å². The first-order valence-corrected chi connectivity index (χ1v) is 7.82. The van der Waals surface area contributed by atoms with Crippen LogP contribution >= 0.6 is 0 Å². The van der Waals surface area contributed by atoms with Crippen LogP contribution in [-0.4, -0.2) is 18.5 Å². The predicted octanol–water partition coefficient (Wildman–Crippen LogP) is 3.35. The second-order valence-electron chi connectivity index (χ2n) is 5.88. The summed E-state index contributed by atoms with van der Waals surface area (Å²) in [4.78, 5) is 23.5. The molecule has 1 unspecified atom stereocenters. The van der Waals surface area contributed by atoms with Crippen LogP contribution < -0.4 is 20.7 Å². The van der Waals surface area contributed by atoms with Crippen LogP contribution in [0.5, 0.6) is 5.75 Å². The molecule has 3 rings (SSSR count). The zero-order chi connectivity index (χ0) is 18.0. The third-order valence-electron chi connectivity index (χ3n) is 3.91. The average molecular weight is 343 g/mol. The number of nitrogens with one attached hydrogen (secondary N) is 3. The van der Waals surface area contributed by atoms with Crippen molar-refractivity contribution >= 4 is 23.3 Å². The number of hydrogen-bond acceptors (Lipinski definition) is 3. The normalized spacial score (nSPS) is 14.0. The fourth-order valence-electron chi connectivity index (χ4n) is 2.49. The van der Waals surface area contributed by atoms with Gasteiger partial charge in [-0.05, 0) is 49.2 Å². The second-order valence-corrected chi connectivity index (χ2v) is 5.88. The third-order valence-corrected chi connectivity index (χ3v) is 3.91. The number of benzene rings is 2. The summed E-state index contributed by atoms with van der Waals surface area (Å²) < 4.78 is 18.8. The first-order chi connectivity index (χ1) is 11.9. The highest BCUT2D eigenvalue weighted by atomic mass is 19.1. The van der Waals surface area contributed by atoms with E-state index < -0.39 is 6.03 Å². The number of amides is 3. The van der Waals surface area contributed by atoms with E-state index in [0.717, 1.165) is 5.56 Å². The Hall–Kier alpha value is -3.09. The maximum Gasteiger partial charge on any atom is 0.319 e. The van der Waals surface area contributed by atoms with Crippen LogP contribution in [0.15, 0.2) is 36.4 Å². The third kappa shape index (κ3) is 3.88. The number of ether oxygens (including phenoxy) is 1. The lowest BCUT2D eigenvalue weighted by Crippen LogP contribution is -2.31. The number of hydrogen-bond donors (Lipinski definition) is 3. The maximum absolute atomic E-state index is 13.5. The van der Waals surface area contributed by atoms with Crippen LogP contribution in [0.2, 0.25) is 0 Å². The van der Waals surface area contributed by atoms with Gasteiger partial charge in [-0.15, -0.1) is 0 Å². The number of halogens is 1. The Kier molecular flexibility index (Phi) is 4.56. The number of aryl methyl sites for hydroxylation is 1. The molecule has 7 heteroatoms. The maximum atomic E-state index is 13.5. The first kappa shape index (κ1) is 16.8. The van der Waals surface area contributed by atoms with E-state index in [9.17, 15) is 14.0 Å². The molecule has 1 heterocycles. The minimum Gasteiger partial charge on any atom is -0.482 e. The summed E-state index contributed by atoms with van der Waals surface area (Å²) in [5.74, 6) is -0.00388. The average Bonchev–Trinajstić information content (AvgIpc) is 2.57. The van der Waals surface area contributed by atoms with Gasteiger partial charge in [0.25, 0.3) is 5.91 Å². The minimum atomic E-state index is -0.450. The predicted molar refractivity (Wildman–Crippen MR) is 92.3 cm³/mol. The van der Waals surface area contributed by atoms with Crippen LogP contribution in [0.3, 0.4) is 0 Å². The summed E-state index contributed by atoms with van der Waals surface area (Å²) in [6.07, 6.45) is 0. The van der Waals surface area contributed by atoms with Gasteiger partial charge in [-0.2, -0.15) is 0 Å². The van der Waals surface area contributed by atoms with E-state index >= 15 is 0 Å². The zero-order valence-corrected chi connectivity index (χ0v) is 13.9. The SMILES string of the molecule is Cc1ccc(NC(=O)NC(C)c2ccc3c(c2)NC(=O)CO3)cc1F. The van der Waals surface area contributed by atoms with Crippen molar-refractivity contribution in [3.63, 3.8) is 0 Å². The van der Waals surface area contributed by atoms with Gasteiger partial charge in [-0.3, -0.25) is 4.79 Å². The van der Waals surface area contributed by atoms with Gasteiger partial charge in [-0.1, -0.05) is 12.1 Å². The van der Waals surface area contributed by atoms with Crippen LogP contribution in [0.25, 0.3) is 0 Å². The van der Waals surface area contributed by atoms with Gasteiger partial charge in [-0.25, -0.2) is 9.18 Å². The molecule has 0 spiro atoms. The highest BCUT2D eigenvalue weighted by molar-refractivity contribution is 5.95. The van der Waals surface area contributed by atoms with Gasteiger partial charge < -0.3 is 20.7 Å². The van der Waals surface area contributed by atoms with Crippen molar-refractivity contribution in [2.45, 2.75) is 19.9 Å². The molecular formula is C18H18FN3O3. The molecular weight excluding hydrogens is 325 g/mol. The molecule has 0 aliphatic carbocycles. The molecule has 0 saturated heterocycles. The van der Waals surface area contributed by atoms with E-state index in [-0.39, 0.29) is 24.4 Å². The van der Waals surface area contributed by atoms with Gasteiger partial charge in [0.1, 0.15) is 11.6 Å². The van der Waals surface area contributed by atoms with E-state index in [1.807, 2.05) is 13.0 Å². The number of carbonyl (C=O) groups excluding carboxylic acids is 2. The lowest BCUT2D eigenvalue weighted by Gasteiger charge is -2.21. The monoisotopic (exact) mass is 343 g/mol. The molecule has 0 bridgehead atoms. The minimum absolute atomic E-state index is 0.00430. The fourth-order valence-corrected chi connectivity index (χ4v) is 2.49. The van der Waals surface area contributed by atoms with E-state index in [2.05, 4.69) is 16.0 Å². The van der Waals surface area contributed by atoms with Crippen molar-refractivity contribution in [2.75, 3.05) is 17.2 Å². The Morgan fingerprint density at radius 3 is 2.84 bits per heavy atom. The van der Waals surface area contributed by atoms with Gasteiger partial charge >= 0.3 is 6.03 Å². The highest BCUT2D eigenvalue weighted by Crippen LogP contribution is 2.30. The largest absolute Gasteiger partial charge is 0.482 e. The lowest BCUT2D eigenvalue weighted by atomic mass is 10.1. The van der Waals surface area contributed by atoms with Crippen molar-refractivity contribution in [1.82, 2.24) is 5.32 Å². The van der Waals surface area contributed by atoms with Crippen LogP contribution in [-0.2, 0) is 4.79 Å². The molecule has 0 fully saturated rings. The molecule has 3 N–H and O–H groups in total. The van der Waals surface area contributed by atoms with E-state index in [4.69, 9.17) is 4.74 Å². The van der Waals surface area contributed by atoms with Gasteiger partial charge in [0.15, 0.2) is 6.61 Å². The molecule has 0 saturated carbocycles. The molecule has 1 atom stereocenters. The summed E-state index contributed by atoms with van der Waals surface area (Å²) >= 11 is 0. The summed E-state index contributed by atoms with van der Waals surface area (Å²) in [5.41, 5.74) is 2.26. The highest BCUT2D eigenvalue weighted by Gasteiger charge is 2.18. The molecule has 2 aromatic rings. The number of carbonyl (C=O) groups is 2. The molecule has 2 aromatic carbocycles. The van der Waals surface area contributed by atoms with Gasteiger partial charge in [0.2, 0.25) is 0 Å². The van der Waals surface area contributed by atoms with Crippen molar-refractivity contribution in [3.05, 3.63) is 53.3 Å². The topological polar surface area (TPSA) is 79.5 Å². The van der Waals surface area contributed by atoms with Crippen molar-refractivity contribution in [1.29, 1.82) is 0 Å². The quantitative estimate of drug-likeness (QED) is 0.800. The van der Waals surface area contributed by atoms with Crippen LogP contribution in [0.1, 0.15) is 24.1 Å². The Labute approximate surface area is 144 Å². The lowest BCUT2D eigenvalue weighted by molar-refractivity contribution is -0.118. The van der Waals surface area contributed by atoms with E-state index in [1.54, 1.807) is 31.2 Å². The van der Waals surface area contributed by atoms with E-state index in [1.165, 1.54) is 6.07 Å². The Morgan fingerprint density at radius 1 is 1.28 bits per heavy atom. The van der Waals surface area contributed by atoms with Crippen molar-refractivity contribution in [3.8, 4) is 5.75 Å². The molecule has 1 aliphatic heterocycles. The van der Waals surface area contributed by atoms with Crippen molar-refractivity contribution < 1.29 is 18.7 Å². The number of urea groups is 1. The standard InChI is InChI=1S/C18H18FN3O3/c1-10-3-5-13(8-14(10)19)21-18(24)20-11(2)12-4-6-16-15(7-12)22-17(23)9-25-16/h3-8,11H,9H2,1-2H3,(H,22,23)(H2,20,21,24). The Bertz CT molecular complexity index is 838. The number of rotatable bonds is 3. The number of anilines is 2. The summed E-state index contributed by atoms with van der Waals surface area (Å²) in [6.45, 7) is 3.46. The fraction of sp³-hybridized carbons (Fsp3) is 0.222. The van der Waals surface area contributed by atoms with Crippen LogP contribution in [0.4, 0.5) is 20.6 Å². The molecule has 1 aliphatic rings. The molecule has 0 aromatic heterocycles. The molecule has 25 heavy (non-hydrogen) atoms. The summed E-state index contributed by atoms with van der Waals surface area (Å²) in [5, 5.41) is 8.09. The smallest absolute Gasteiger partial charge is 0.319 e. The first-order valence-electron chi connectivity index (χ1n) is 7.82. The van der Waals surface area contributed by atoms with E-state index in [0.29, 0.717) is 22.7 Å². The number of fused-ring (bicyclic) bond motifs is 1. The summed E-state index contributed by atoms with van der Waals surface area (Å²) in [6, 6.07) is 9.04. The molecule has 6 nitrogen and oxygen atoms in total. The second kappa shape index (κ2) is 6.80. The van der Waals surface area contributed by atoms with Crippen molar-refractivity contribution in [2.24, 2.45) is 0 Å². The molecule has 0 radical (unpaired) electrons. The zero-order valence-electron chi connectivity index (χ0n) is 13.9. The Morgan fingerprint density at radius 2 is 2.08 bits per heavy atom.